The van der Waals surface area contributed by atoms with Crippen molar-refractivity contribution >= 4 is 11.8 Å². The highest BCUT2D eigenvalue weighted by atomic mass is 32.2. The molecule has 1 atom stereocenters. The zero-order chi connectivity index (χ0) is 12.3. The van der Waals surface area contributed by atoms with Crippen molar-refractivity contribution in [1.82, 2.24) is 0 Å². The molecule has 3 heteroatoms. The Morgan fingerprint density at radius 1 is 1.41 bits per heavy atom. The first-order chi connectivity index (χ1) is 8.16. The van der Waals surface area contributed by atoms with Gasteiger partial charge in [0.05, 0.1) is 6.10 Å². The molecule has 1 aliphatic carbocycles. The molecule has 0 saturated heterocycles. The minimum atomic E-state index is -0.599. The van der Waals surface area contributed by atoms with Crippen molar-refractivity contribution in [3.8, 4) is 0 Å². The maximum absolute atomic E-state index is 13.8. The van der Waals surface area contributed by atoms with E-state index < -0.39 is 6.10 Å². The van der Waals surface area contributed by atoms with Gasteiger partial charge in [0.2, 0.25) is 0 Å². The molecular weight excluding hydrogens is 235 g/mol. The Bertz CT molecular complexity index is 372. The Labute approximate surface area is 106 Å². The Morgan fingerprint density at radius 3 is 2.71 bits per heavy atom. The van der Waals surface area contributed by atoms with Crippen LogP contribution < -0.4 is 0 Å². The Kier molecular flexibility index (Phi) is 4.46. The number of halogens is 1. The fourth-order valence-electron chi connectivity index (χ4n) is 2.28. The minimum absolute atomic E-state index is 0.202. The number of rotatable bonds is 4. The van der Waals surface area contributed by atoms with Gasteiger partial charge in [-0.3, -0.25) is 0 Å². The molecule has 0 radical (unpaired) electrons. The SMILES string of the molecule is C[C@@H](O)c1ccc(SCC2CCCC2)c(F)c1. The van der Waals surface area contributed by atoms with Crippen LogP contribution in [0.4, 0.5) is 4.39 Å². The zero-order valence-corrected chi connectivity index (χ0v) is 11.0. The van der Waals surface area contributed by atoms with Crippen LogP contribution in [0.5, 0.6) is 0 Å². The topological polar surface area (TPSA) is 20.2 Å². The molecule has 94 valence electrons. The van der Waals surface area contributed by atoms with E-state index in [2.05, 4.69) is 0 Å². The summed E-state index contributed by atoms with van der Waals surface area (Å²) >= 11 is 1.61. The van der Waals surface area contributed by atoms with Crippen molar-refractivity contribution in [3.63, 3.8) is 0 Å². The van der Waals surface area contributed by atoms with Crippen LogP contribution in [0.2, 0.25) is 0 Å². The summed E-state index contributed by atoms with van der Waals surface area (Å²) in [7, 11) is 0. The summed E-state index contributed by atoms with van der Waals surface area (Å²) < 4.78 is 13.8. The second-order valence-corrected chi connectivity index (χ2v) is 5.89. The van der Waals surface area contributed by atoms with E-state index in [1.54, 1.807) is 24.8 Å². The zero-order valence-electron chi connectivity index (χ0n) is 10.2. The van der Waals surface area contributed by atoms with E-state index in [1.807, 2.05) is 6.07 Å². The van der Waals surface area contributed by atoms with Crippen LogP contribution in [0.3, 0.4) is 0 Å². The van der Waals surface area contributed by atoms with Crippen molar-refractivity contribution in [2.45, 2.75) is 43.6 Å². The molecule has 0 aliphatic heterocycles. The van der Waals surface area contributed by atoms with E-state index in [4.69, 9.17) is 0 Å². The molecule has 0 spiro atoms. The van der Waals surface area contributed by atoms with Crippen molar-refractivity contribution in [1.29, 1.82) is 0 Å². The Morgan fingerprint density at radius 2 is 2.12 bits per heavy atom. The standard InChI is InChI=1S/C14H19FOS/c1-10(16)12-6-7-14(13(15)8-12)17-9-11-4-2-3-5-11/h6-8,10-11,16H,2-5,9H2,1H3/t10-/m1/s1. The lowest BCUT2D eigenvalue weighted by molar-refractivity contribution is 0.198. The number of hydrogen-bond donors (Lipinski definition) is 1. The maximum Gasteiger partial charge on any atom is 0.137 e. The summed E-state index contributed by atoms with van der Waals surface area (Å²) in [6, 6.07) is 5.05. The summed E-state index contributed by atoms with van der Waals surface area (Å²) in [5.41, 5.74) is 0.646. The molecule has 0 unspecified atom stereocenters. The van der Waals surface area contributed by atoms with Crippen molar-refractivity contribution < 1.29 is 9.50 Å². The van der Waals surface area contributed by atoms with E-state index in [0.29, 0.717) is 10.5 Å². The fourth-order valence-corrected chi connectivity index (χ4v) is 3.39. The van der Waals surface area contributed by atoms with Gasteiger partial charge in [0.15, 0.2) is 0 Å². The van der Waals surface area contributed by atoms with Gasteiger partial charge < -0.3 is 5.11 Å². The summed E-state index contributed by atoms with van der Waals surface area (Å²) in [5, 5.41) is 9.37. The van der Waals surface area contributed by atoms with E-state index in [1.165, 1.54) is 31.7 Å². The van der Waals surface area contributed by atoms with Crippen LogP contribution >= 0.6 is 11.8 Å². The molecular formula is C14H19FOS. The van der Waals surface area contributed by atoms with Gasteiger partial charge in [0.1, 0.15) is 5.82 Å². The van der Waals surface area contributed by atoms with Crippen LogP contribution in [0.25, 0.3) is 0 Å². The molecule has 17 heavy (non-hydrogen) atoms. The van der Waals surface area contributed by atoms with Gasteiger partial charge >= 0.3 is 0 Å². The molecule has 0 aromatic heterocycles. The Hall–Kier alpha value is -0.540. The van der Waals surface area contributed by atoms with E-state index >= 15 is 0 Å². The lowest BCUT2D eigenvalue weighted by atomic mass is 10.1. The number of thioether (sulfide) groups is 1. The first-order valence-corrected chi connectivity index (χ1v) is 7.25. The molecule has 1 N–H and O–H groups in total. The van der Waals surface area contributed by atoms with Gasteiger partial charge in [-0.15, -0.1) is 11.8 Å². The van der Waals surface area contributed by atoms with Crippen molar-refractivity contribution in [2.24, 2.45) is 5.92 Å². The third-order valence-electron chi connectivity index (χ3n) is 3.39. The molecule has 1 aromatic carbocycles. The molecule has 0 amide bonds. The highest BCUT2D eigenvalue weighted by molar-refractivity contribution is 7.99. The molecule has 1 aliphatic rings. The number of benzene rings is 1. The van der Waals surface area contributed by atoms with Crippen LogP contribution in [0.1, 0.15) is 44.3 Å². The van der Waals surface area contributed by atoms with Gasteiger partial charge in [-0.05, 0) is 43.4 Å². The average Bonchev–Trinajstić information content (AvgIpc) is 2.80. The smallest absolute Gasteiger partial charge is 0.137 e. The molecule has 0 bridgehead atoms. The average molecular weight is 254 g/mol. The van der Waals surface area contributed by atoms with Gasteiger partial charge in [-0.1, -0.05) is 18.9 Å². The van der Waals surface area contributed by atoms with Gasteiger partial charge in [-0.2, -0.15) is 0 Å². The predicted octanol–water partition coefficient (Wildman–Crippen LogP) is 4.16. The van der Waals surface area contributed by atoms with E-state index in [0.717, 1.165) is 11.7 Å². The molecule has 1 fully saturated rings. The quantitative estimate of drug-likeness (QED) is 0.814. The molecule has 2 rings (SSSR count). The third-order valence-corrected chi connectivity index (χ3v) is 4.67. The molecule has 1 nitrogen and oxygen atoms in total. The summed E-state index contributed by atoms with van der Waals surface area (Å²) in [4.78, 5) is 0.710. The van der Waals surface area contributed by atoms with Crippen LogP contribution in [0.15, 0.2) is 23.1 Å². The third kappa shape index (κ3) is 3.46. The highest BCUT2D eigenvalue weighted by Crippen LogP contribution is 2.32. The molecule has 0 heterocycles. The summed E-state index contributed by atoms with van der Waals surface area (Å²) in [6.45, 7) is 1.65. The number of aliphatic hydroxyl groups is 1. The second-order valence-electron chi connectivity index (χ2n) is 4.83. The monoisotopic (exact) mass is 254 g/mol. The van der Waals surface area contributed by atoms with Gasteiger partial charge in [0.25, 0.3) is 0 Å². The van der Waals surface area contributed by atoms with Crippen molar-refractivity contribution in [3.05, 3.63) is 29.6 Å². The van der Waals surface area contributed by atoms with E-state index in [9.17, 15) is 9.50 Å². The van der Waals surface area contributed by atoms with Crippen LogP contribution in [-0.2, 0) is 0 Å². The largest absolute Gasteiger partial charge is 0.389 e. The maximum atomic E-state index is 13.8. The number of hydrogen-bond acceptors (Lipinski definition) is 2. The lowest BCUT2D eigenvalue weighted by Crippen LogP contribution is -1.98. The van der Waals surface area contributed by atoms with Crippen LogP contribution in [0, 0.1) is 11.7 Å². The van der Waals surface area contributed by atoms with Gasteiger partial charge in [-0.25, -0.2) is 4.39 Å². The minimum Gasteiger partial charge on any atom is -0.389 e. The lowest BCUT2D eigenvalue weighted by Gasteiger charge is -2.10. The summed E-state index contributed by atoms with van der Waals surface area (Å²) in [6.07, 6.45) is 4.64. The number of aliphatic hydroxyl groups excluding tert-OH is 1. The van der Waals surface area contributed by atoms with Crippen LogP contribution in [-0.4, -0.2) is 10.9 Å². The predicted molar refractivity (Wildman–Crippen MR) is 69.7 cm³/mol. The molecule has 1 saturated carbocycles. The second kappa shape index (κ2) is 5.87. The molecule has 1 aromatic rings. The van der Waals surface area contributed by atoms with Crippen molar-refractivity contribution in [2.75, 3.05) is 5.75 Å². The van der Waals surface area contributed by atoms with Gasteiger partial charge in [0, 0.05) is 10.6 Å². The van der Waals surface area contributed by atoms with E-state index in [-0.39, 0.29) is 5.82 Å². The fraction of sp³-hybridized carbons (Fsp3) is 0.571. The first kappa shape index (κ1) is 12.9. The first-order valence-electron chi connectivity index (χ1n) is 6.27. The Balaban J connectivity index is 1.96. The summed E-state index contributed by atoms with van der Waals surface area (Å²) in [5.74, 6) is 1.58. The highest BCUT2D eigenvalue weighted by Gasteiger charge is 2.16. The normalized spacial score (nSPS) is 18.5.